The van der Waals surface area contributed by atoms with E-state index in [1.54, 1.807) is 0 Å². The molecule has 0 aromatic rings. The van der Waals surface area contributed by atoms with E-state index >= 15 is 0 Å². The second-order valence-electron chi connectivity index (χ2n) is 23.8. The summed E-state index contributed by atoms with van der Waals surface area (Å²) < 4.78 is 0. The van der Waals surface area contributed by atoms with E-state index in [1.165, 1.54) is 103 Å². The van der Waals surface area contributed by atoms with Crippen molar-refractivity contribution in [2.24, 2.45) is 67.5 Å². The second kappa shape index (κ2) is 23.1. The summed E-state index contributed by atoms with van der Waals surface area (Å²) in [5.41, 5.74) is 4.52. The first-order chi connectivity index (χ1) is 23.5. The van der Waals surface area contributed by atoms with Gasteiger partial charge in [0, 0.05) is 0 Å². The van der Waals surface area contributed by atoms with Crippen LogP contribution in [0.3, 0.4) is 0 Å². The molecule has 5 aliphatic rings. The smallest absolute Gasteiger partial charge is 0.0179 e. The third kappa shape index (κ3) is 27.3. The van der Waals surface area contributed by atoms with Crippen LogP contribution in [0.1, 0.15) is 255 Å². The fraction of sp³-hybridized carbons (Fsp3) is 0.962. The van der Waals surface area contributed by atoms with Gasteiger partial charge in [-0.05, 0) is 132 Å². The molecule has 4 atom stereocenters. The molecule has 0 aromatic carbocycles. The molecule has 5 fully saturated rings. The van der Waals surface area contributed by atoms with Crippen LogP contribution in [0.4, 0.5) is 0 Å². The molecule has 5 rings (SSSR count). The Hall–Kier alpha value is -0.260. The molecule has 0 spiro atoms. The van der Waals surface area contributed by atoms with Crippen LogP contribution < -0.4 is 0 Å². The van der Waals surface area contributed by atoms with Gasteiger partial charge in [-0.25, -0.2) is 0 Å². The summed E-state index contributed by atoms with van der Waals surface area (Å²) >= 11 is 0. The molecule has 0 saturated heterocycles. The van der Waals surface area contributed by atoms with Crippen molar-refractivity contribution in [2.45, 2.75) is 255 Å². The molecule has 0 heterocycles. The fourth-order valence-corrected chi connectivity index (χ4v) is 7.81. The number of hydrogen-bond donors (Lipinski definition) is 0. The molecule has 314 valence electrons. The van der Waals surface area contributed by atoms with E-state index in [0.29, 0.717) is 27.1 Å². The topological polar surface area (TPSA) is 0 Å². The van der Waals surface area contributed by atoms with Crippen molar-refractivity contribution >= 4 is 0 Å². The zero-order valence-corrected chi connectivity index (χ0v) is 41.0. The number of hydrogen-bond acceptors (Lipinski definition) is 0. The average molecular weight is 731 g/mol. The van der Waals surface area contributed by atoms with Gasteiger partial charge in [0.1, 0.15) is 0 Å². The van der Waals surface area contributed by atoms with Crippen LogP contribution in [0.15, 0.2) is 12.7 Å². The molecule has 5 aliphatic carbocycles. The summed E-state index contributed by atoms with van der Waals surface area (Å²) in [5, 5.41) is 0. The Morgan fingerprint density at radius 2 is 0.885 bits per heavy atom. The van der Waals surface area contributed by atoms with Crippen molar-refractivity contribution in [3.63, 3.8) is 0 Å². The molecule has 5 saturated carbocycles. The van der Waals surface area contributed by atoms with E-state index in [-0.39, 0.29) is 0 Å². The number of allylic oxidation sites excluding steroid dienone is 1. The lowest BCUT2D eigenvalue weighted by molar-refractivity contribution is 0.301. The lowest BCUT2D eigenvalue weighted by Gasteiger charge is -2.22. The SMILES string of the molecule is C=CC1CC1(C)C.CC1(C)CC1C1CC1.CC1CC1(C)C.CCC1CC1(C)C.CCCC(C)(C)C.CCCC(C)(C)CC.CCCC(C)(C)CCC. The fourth-order valence-electron chi connectivity index (χ4n) is 7.81. The minimum absolute atomic E-state index is 0.550. The van der Waals surface area contributed by atoms with E-state index in [9.17, 15) is 0 Å². The van der Waals surface area contributed by atoms with Gasteiger partial charge in [-0.1, -0.05) is 197 Å². The molecule has 0 radical (unpaired) electrons. The van der Waals surface area contributed by atoms with Crippen molar-refractivity contribution in [3.05, 3.63) is 12.7 Å². The van der Waals surface area contributed by atoms with E-state index in [1.807, 2.05) is 0 Å². The Balaban J connectivity index is 0. The first kappa shape index (κ1) is 53.8. The average Bonchev–Trinajstić information content (AvgIpc) is 3.78. The molecule has 0 aromatic heterocycles. The molecule has 0 amide bonds. The second-order valence-corrected chi connectivity index (χ2v) is 23.8. The molecule has 0 bridgehead atoms. The van der Waals surface area contributed by atoms with E-state index in [0.717, 1.165) is 40.4 Å². The van der Waals surface area contributed by atoms with Crippen LogP contribution in [0.2, 0.25) is 0 Å². The Morgan fingerprint density at radius 3 is 0.962 bits per heavy atom. The van der Waals surface area contributed by atoms with Gasteiger partial charge in [0.25, 0.3) is 0 Å². The Bertz CT molecular complexity index is 899. The van der Waals surface area contributed by atoms with E-state index < -0.39 is 0 Å². The molecule has 0 heteroatoms. The summed E-state index contributed by atoms with van der Waals surface area (Å²) in [6, 6.07) is 0. The molecular weight excluding hydrogens is 625 g/mol. The Kier molecular flexibility index (Phi) is 23.9. The van der Waals surface area contributed by atoms with Crippen LogP contribution in [0, 0.1) is 67.5 Å². The standard InChI is InChI=1S/C9H20.C8H14.C8H18.C7H14.C7H12.C7H16.C6H12/c1-5-7-9(3,4)8-6-2;1-8(2)5-7(8)6-3-4-6;1-5-7-8(3,4)6-2;2*1-4-6-5-7(6,2)3;1-5-6-7(2,3)4;1-5-4-6(5,2)3/h5-8H2,1-4H3;6-7H,3-5H2,1-2H3;5-7H2,1-4H3;6H,4-5H2,1-3H3;4,6H,1,5H2,2-3H3;5-6H2,1-4H3;5H,4H2,1-3H3. The van der Waals surface area contributed by atoms with Crippen molar-refractivity contribution in [3.8, 4) is 0 Å². The predicted molar refractivity (Wildman–Crippen MR) is 243 cm³/mol. The summed E-state index contributed by atoms with van der Waals surface area (Å²) in [7, 11) is 0. The van der Waals surface area contributed by atoms with Gasteiger partial charge in [-0.2, -0.15) is 0 Å². The summed E-state index contributed by atoms with van der Waals surface area (Å²) in [6.07, 6.45) is 24.3. The third-order valence-corrected chi connectivity index (χ3v) is 13.6. The summed E-state index contributed by atoms with van der Waals surface area (Å²) in [4.78, 5) is 0. The lowest BCUT2D eigenvalue weighted by atomic mass is 9.84. The quantitative estimate of drug-likeness (QED) is 0.186. The highest BCUT2D eigenvalue weighted by atomic mass is 14.6. The molecule has 0 aliphatic heterocycles. The van der Waals surface area contributed by atoms with Crippen molar-refractivity contribution < 1.29 is 0 Å². The highest BCUT2D eigenvalue weighted by molar-refractivity contribution is 5.04. The Labute approximate surface area is 334 Å². The van der Waals surface area contributed by atoms with Crippen molar-refractivity contribution in [1.29, 1.82) is 0 Å². The van der Waals surface area contributed by atoms with E-state index in [4.69, 9.17) is 0 Å². The highest BCUT2D eigenvalue weighted by Crippen LogP contribution is 2.62. The molecular formula is C52H106. The van der Waals surface area contributed by atoms with Crippen molar-refractivity contribution in [2.75, 3.05) is 0 Å². The lowest BCUT2D eigenvalue weighted by Crippen LogP contribution is -2.09. The zero-order valence-electron chi connectivity index (χ0n) is 41.0. The normalized spacial score (nSPS) is 26.0. The van der Waals surface area contributed by atoms with Crippen LogP contribution in [0.25, 0.3) is 0 Å². The first-order valence-corrected chi connectivity index (χ1v) is 23.1. The monoisotopic (exact) mass is 731 g/mol. The largest absolute Gasteiger partial charge is 0.103 e. The Morgan fingerprint density at radius 1 is 0.538 bits per heavy atom. The summed E-state index contributed by atoms with van der Waals surface area (Å²) in [6.45, 7) is 54.4. The zero-order chi connectivity index (χ0) is 41.4. The van der Waals surface area contributed by atoms with Gasteiger partial charge in [-0.3, -0.25) is 0 Å². The highest BCUT2D eigenvalue weighted by Gasteiger charge is 2.53. The maximum Gasteiger partial charge on any atom is -0.0179 e. The van der Waals surface area contributed by atoms with Gasteiger partial charge in [0.05, 0.1) is 0 Å². The van der Waals surface area contributed by atoms with Crippen LogP contribution in [-0.4, -0.2) is 0 Å². The van der Waals surface area contributed by atoms with Crippen LogP contribution in [-0.2, 0) is 0 Å². The molecule has 0 N–H and O–H groups in total. The van der Waals surface area contributed by atoms with Gasteiger partial charge in [-0.15, -0.1) is 6.58 Å². The maximum atomic E-state index is 3.72. The molecule has 52 heavy (non-hydrogen) atoms. The van der Waals surface area contributed by atoms with Gasteiger partial charge in [0.15, 0.2) is 0 Å². The van der Waals surface area contributed by atoms with Crippen molar-refractivity contribution in [1.82, 2.24) is 0 Å². The first-order valence-electron chi connectivity index (χ1n) is 23.1. The molecule has 0 nitrogen and oxygen atoms in total. The van der Waals surface area contributed by atoms with E-state index in [2.05, 4.69) is 165 Å². The summed E-state index contributed by atoms with van der Waals surface area (Å²) in [5.74, 6) is 5.14. The minimum atomic E-state index is 0.550. The van der Waals surface area contributed by atoms with Gasteiger partial charge >= 0.3 is 0 Å². The minimum Gasteiger partial charge on any atom is -0.103 e. The van der Waals surface area contributed by atoms with Crippen LogP contribution >= 0.6 is 0 Å². The van der Waals surface area contributed by atoms with Gasteiger partial charge in [0.2, 0.25) is 0 Å². The molecule has 4 unspecified atom stereocenters. The van der Waals surface area contributed by atoms with Gasteiger partial charge < -0.3 is 0 Å². The number of rotatable bonds is 11. The third-order valence-electron chi connectivity index (χ3n) is 13.6. The van der Waals surface area contributed by atoms with Crippen LogP contribution in [0.5, 0.6) is 0 Å². The predicted octanol–water partition coefficient (Wildman–Crippen LogP) is 18.8. The maximum absolute atomic E-state index is 3.72.